The van der Waals surface area contributed by atoms with Crippen molar-refractivity contribution in [2.75, 3.05) is 20.2 Å². The lowest BCUT2D eigenvalue weighted by atomic mass is 9.97. The summed E-state index contributed by atoms with van der Waals surface area (Å²) in [5, 5.41) is 8.47. The fraction of sp³-hybridized carbons (Fsp3) is 0.304. The van der Waals surface area contributed by atoms with Crippen molar-refractivity contribution in [1.82, 2.24) is 24.7 Å². The first-order chi connectivity index (χ1) is 15.5. The van der Waals surface area contributed by atoms with Crippen molar-refractivity contribution < 1.29 is 18.4 Å². The van der Waals surface area contributed by atoms with Gasteiger partial charge in [-0.15, -0.1) is 0 Å². The standard InChI is InChI=1S/C23H22FN5O3/c1-14-10-20(32-27-14)23(30)28-9-3-4-16(12-28)22-25-21-8-5-15(13-29(21)26-22)18-11-17(24)6-7-19(18)31-2/h5-8,10-11,13,16H,3-4,9,12H2,1-2H3. The summed E-state index contributed by atoms with van der Waals surface area (Å²) in [7, 11) is 1.55. The number of rotatable bonds is 4. The van der Waals surface area contributed by atoms with Crippen LogP contribution in [0.5, 0.6) is 5.75 Å². The molecule has 4 aromatic rings. The van der Waals surface area contributed by atoms with Crippen molar-refractivity contribution in [3.05, 3.63) is 65.7 Å². The number of likely N-dealkylation sites (tertiary alicyclic amines) is 1. The number of hydrogen-bond acceptors (Lipinski definition) is 6. The van der Waals surface area contributed by atoms with Crippen LogP contribution >= 0.6 is 0 Å². The van der Waals surface area contributed by atoms with E-state index in [-0.39, 0.29) is 23.4 Å². The fourth-order valence-corrected chi connectivity index (χ4v) is 4.13. The van der Waals surface area contributed by atoms with Gasteiger partial charge in [0.25, 0.3) is 5.91 Å². The summed E-state index contributed by atoms with van der Waals surface area (Å²) in [6, 6.07) is 9.77. The molecule has 0 radical (unpaired) electrons. The second-order valence-electron chi connectivity index (χ2n) is 7.96. The number of amides is 1. The molecule has 1 fully saturated rings. The molecule has 4 heterocycles. The van der Waals surface area contributed by atoms with E-state index in [0.717, 1.165) is 18.4 Å². The highest BCUT2D eigenvalue weighted by molar-refractivity contribution is 5.91. The molecule has 5 rings (SSSR count). The third kappa shape index (κ3) is 3.70. The number of carbonyl (C=O) groups excluding carboxylic acids is 1. The Morgan fingerprint density at radius 2 is 2.12 bits per heavy atom. The smallest absolute Gasteiger partial charge is 0.292 e. The maximum atomic E-state index is 13.8. The Hall–Kier alpha value is -3.75. The van der Waals surface area contributed by atoms with Crippen LogP contribution in [0.1, 0.15) is 40.8 Å². The number of hydrogen-bond donors (Lipinski definition) is 0. The number of pyridine rings is 1. The quantitative estimate of drug-likeness (QED) is 0.484. The molecular formula is C23H22FN5O3. The molecule has 1 atom stereocenters. The molecule has 3 aromatic heterocycles. The molecular weight excluding hydrogens is 413 g/mol. The van der Waals surface area contributed by atoms with Gasteiger partial charge in [0.15, 0.2) is 11.5 Å². The number of ether oxygens (including phenoxy) is 1. The summed E-state index contributed by atoms with van der Waals surface area (Å²) in [6.07, 6.45) is 3.55. The van der Waals surface area contributed by atoms with Crippen LogP contribution in [-0.4, -0.2) is 50.8 Å². The lowest BCUT2D eigenvalue weighted by molar-refractivity contribution is 0.0662. The van der Waals surface area contributed by atoms with Gasteiger partial charge in [0, 0.05) is 42.4 Å². The molecule has 0 bridgehead atoms. The van der Waals surface area contributed by atoms with E-state index in [2.05, 4.69) is 15.2 Å². The van der Waals surface area contributed by atoms with Crippen LogP contribution in [-0.2, 0) is 0 Å². The Kier molecular flexibility index (Phi) is 5.08. The van der Waals surface area contributed by atoms with E-state index in [1.807, 2.05) is 18.3 Å². The first kappa shape index (κ1) is 20.2. The second kappa shape index (κ2) is 8.07. The van der Waals surface area contributed by atoms with Gasteiger partial charge in [-0.3, -0.25) is 4.79 Å². The molecule has 0 spiro atoms. The number of nitrogens with zero attached hydrogens (tertiary/aromatic N) is 5. The van der Waals surface area contributed by atoms with Crippen LogP contribution in [0.4, 0.5) is 4.39 Å². The van der Waals surface area contributed by atoms with Crippen molar-refractivity contribution in [3.8, 4) is 16.9 Å². The number of piperidine rings is 1. The minimum atomic E-state index is -0.339. The van der Waals surface area contributed by atoms with Crippen LogP contribution in [0.15, 0.2) is 47.1 Å². The summed E-state index contributed by atoms with van der Waals surface area (Å²) in [6.45, 7) is 2.96. The lowest BCUT2D eigenvalue weighted by Crippen LogP contribution is -2.39. The van der Waals surface area contributed by atoms with Gasteiger partial charge >= 0.3 is 0 Å². The highest BCUT2D eigenvalue weighted by Crippen LogP contribution is 2.31. The third-order valence-corrected chi connectivity index (χ3v) is 5.73. The number of halogens is 1. The highest BCUT2D eigenvalue weighted by atomic mass is 19.1. The van der Waals surface area contributed by atoms with Crippen molar-refractivity contribution in [2.24, 2.45) is 0 Å². The molecule has 0 aliphatic carbocycles. The van der Waals surface area contributed by atoms with Gasteiger partial charge in [0.05, 0.1) is 12.8 Å². The normalized spacial score (nSPS) is 16.5. The lowest BCUT2D eigenvalue weighted by Gasteiger charge is -2.30. The monoisotopic (exact) mass is 435 g/mol. The topological polar surface area (TPSA) is 85.8 Å². The summed E-state index contributed by atoms with van der Waals surface area (Å²) >= 11 is 0. The van der Waals surface area contributed by atoms with E-state index < -0.39 is 0 Å². The molecule has 32 heavy (non-hydrogen) atoms. The zero-order chi connectivity index (χ0) is 22.2. The highest BCUT2D eigenvalue weighted by Gasteiger charge is 2.29. The van der Waals surface area contributed by atoms with Crippen molar-refractivity contribution >= 4 is 11.6 Å². The van der Waals surface area contributed by atoms with E-state index in [4.69, 9.17) is 9.26 Å². The summed E-state index contributed by atoms with van der Waals surface area (Å²) in [5.74, 6) is 1.02. The van der Waals surface area contributed by atoms with Crippen LogP contribution in [0.3, 0.4) is 0 Å². The predicted octanol–water partition coefficient (Wildman–Crippen LogP) is 3.86. The minimum absolute atomic E-state index is 0.0174. The van der Waals surface area contributed by atoms with Gasteiger partial charge < -0.3 is 14.2 Å². The maximum Gasteiger partial charge on any atom is 0.292 e. The molecule has 164 valence electrons. The number of aryl methyl sites for hydroxylation is 1. The van der Waals surface area contributed by atoms with Gasteiger partial charge in [-0.05, 0) is 50.1 Å². The van der Waals surface area contributed by atoms with Crippen LogP contribution in [0.2, 0.25) is 0 Å². The Morgan fingerprint density at radius 1 is 1.25 bits per heavy atom. The van der Waals surface area contributed by atoms with E-state index in [1.165, 1.54) is 12.1 Å². The van der Waals surface area contributed by atoms with Crippen LogP contribution in [0.25, 0.3) is 16.8 Å². The first-order valence-electron chi connectivity index (χ1n) is 10.4. The van der Waals surface area contributed by atoms with Gasteiger partial charge in [-0.1, -0.05) is 5.16 Å². The number of methoxy groups -OCH3 is 1. The van der Waals surface area contributed by atoms with E-state index >= 15 is 0 Å². The van der Waals surface area contributed by atoms with Gasteiger partial charge in [-0.2, -0.15) is 5.10 Å². The predicted molar refractivity (Wildman–Crippen MR) is 114 cm³/mol. The largest absolute Gasteiger partial charge is 0.496 e. The molecule has 1 amide bonds. The Balaban J connectivity index is 1.41. The number of fused-ring (bicyclic) bond motifs is 1. The van der Waals surface area contributed by atoms with Gasteiger partial charge in [-0.25, -0.2) is 13.9 Å². The number of benzene rings is 1. The number of aromatic nitrogens is 4. The zero-order valence-electron chi connectivity index (χ0n) is 17.8. The minimum Gasteiger partial charge on any atom is -0.496 e. The molecule has 1 aliphatic heterocycles. The van der Waals surface area contributed by atoms with E-state index in [9.17, 15) is 9.18 Å². The average Bonchev–Trinajstić information content (AvgIpc) is 3.44. The van der Waals surface area contributed by atoms with E-state index in [0.29, 0.717) is 41.6 Å². The second-order valence-corrected chi connectivity index (χ2v) is 7.96. The molecule has 0 N–H and O–H groups in total. The maximum absolute atomic E-state index is 13.8. The van der Waals surface area contributed by atoms with Crippen LogP contribution < -0.4 is 4.74 Å². The van der Waals surface area contributed by atoms with Crippen molar-refractivity contribution in [3.63, 3.8) is 0 Å². The summed E-state index contributed by atoms with van der Waals surface area (Å²) in [5.41, 5.74) is 2.78. The fourth-order valence-electron chi connectivity index (χ4n) is 4.13. The zero-order valence-corrected chi connectivity index (χ0v) is 17.8. The SMILES string of the molecule is COc1ccc(F)cc1-c1ccc2nc(C3CCCN(C(=O)c4cc(C)no4)C3)nn2c1. The van der Waals surface area contributed by atoms with Crippen molar-refractivity contribution in [1.29, 1.82) is 0 Å². The van der Waals surface area contributed by atoms with Gasteiger partial charge in [0.2, 0.25) is 5.76 Å². The van der Waals surface area contributed by atoms with Crippen molar-refractivity contribution in [2.45, 2.75) is 25.7 Å². The molecule has 0 saturated carbocycles. The molecule has 8 nitrogen and oxygen atoms in total. The average molecular weight is 435 g/mol. The van der Waals surface area contributed by atoms with E-state index in [1.54, 1.807) is 35.6 Å². The Labute approximate surface area is 183 Å². The Morgan fingerprint density at radius 3 is 2.91 bits per heavy atom. The number of carbonyl (C=O) groups is 1. The molecule has 1 saturated heterocycles. The third-order valence-electron chi connectivity index (χ3n) is 5.73. The van der Waals surface area contributed by atoms with Crippen LogP contribution in [0, 0.1) is 12.7 Å². The molecule has 1 aliphatic rings. The van der Waals surface area contributed by atoms with Gasteiger partial charge in [0.1, 0.15) is 11.6 Å². The summed E-state index contributed by atoms with van der Waals surface area (Å²) < 4.78 is 26.0. The first-order valence-corrected chi connectivity index (χ1v) is 10.4. The molecule has 9 heteroatoms. The molecule has 1 unspecified atom stereocenters. The Bertz CT molecular complexity index is 1300. The molecule has 1 aromatic carbocycles. The summed E-state index contributed by atoms with van der Waals surface area (Å²) in [4.78, 5) is 19.2.